The lowest BCUT2D eigenvalue weighted by Gasteiger charge is -2.09. The van der Waals surface area contributed by atoms with Crippen molar-refractivity contribution in [2.75, 3.05) is 19.7 Å². The van der Waals surface area contributed by atoms with Gasteiger partial charge in [-0.25, -0.2) is 4.98 Å². The zero-order valence-corrected chi connectivity index (χ0v) is 9.60. The fourth-order valence-corrected chi connectivity index (χ4v) is 2.07. The molecule has 0 spiro atoms. The molecule has 1 fully saturated rings. The van der Waals surface area contributed by atoms with Gasteiger partial charge in [0.15, 0.2) is 0 Å². The summed E-state index contributed by atoms with van der Waals surface area (Å²) in [5.74, 6) is 0.588. The van der Waals surface area contributed by atoms with Crippen molar-refractivity contribution >= 4 is 10.9 Å². The minimum Gasteiger partial charge on any atom is -0.463 e. The number of hydrogen-bond donors (Lipinski definition) is 1. The molecule has 2 aromatic rings. The van der Waals surface area contributed by atoms with Gasteiger partial charge in [0.2, 0.25) is 0 Å². The number of nitrogens with zero attached hydrogens (tertiary/aromatic N) is 2. The Balaban J connectivity index is 1.72. The molecule has 1 saturated heterocycles. The van der Waals surface area contributed by atoms with Crippen LogP contribution in [0, 0.1) is 5.92 Å². The summed E-state index contributed by atoms with van der Waals surface area (Å²) in [6.07, 6.45) is 2.98. The lowest BCUT2D eigenvalue weighted by molar-refractivity contribution is 0.242. The average molecular weight is 229 g/mol. The van der Waals surface area contributed by atoms with Crippen molar-refractivity contribution in [1.82, 2.24) is 15.3 Å². The van der Waals surface area contributed by atoms with E-state index < -0.39 is 0 Å². The van der Waals surface area contributed by atoms with E-state index in [1.54, 1.807) is 0 Å². The highest BCUT2D eigenvalue weighted by molar-refractivity contribution is 5.77. The molecule has 1 unspecified atom stereocenters. The second kappa shape index (κ2) is 4.67. The minimum absolute atomic E-state index is 0.482. The Morgan fingerprint density at radius 2 is 2.29 bits per heavy atom. The smallest absolute Gasteiger partial charge is 0.316 e. The highest BCUT2D eigenvalue weighted by atomic mass is 16.5. The van der Waals surface area contributed by atoms with Crippen molar-refractivity contribution in [2.24, 2.45) is 5.92 Å². The SMILES string of the molecule is c1ccc2nc(OCC3CCNC3)ncc2c1. The third-order valence-electron chi connectivity index (χ3n) is 3.08. The molecule has 1 aliphatic rings. The maximum atomic E-state index is 5.64. The van der Waals surface area contributed by atoms with Gasteiger partial charge >= 0.3 is 6.01 Å². The van der Waals surface area contributed by atoms with Crippen molar-refractivity contribution in [3.8, 4) is 6.01 Å². The van der Waals surface area contributed by atoms with Crippen LogP contribution < -0.4 is 10.1 Å². The Hall–Kier alpha value is -1.68. The molecule has 1 N–H and O–H groups in total. The number of ether oxygens (including phenoxy) is 1. The molecule has 4 heteroatoms. The first kappa shape index (κ1) is 10.5. The fraction of sp³-hybridized carbons (Fsp3) is 0.385. The van der Waals surface area contributed by atoms with Gasteiger partial charge in [0.25, 0.3) is 0 Å². The standard InChI is InChI=1S/C13H15N3O/c1-2-4-12-11(3-1)8-15-13(16-12)17-9-10-5-6-14-7-10/h1-4,8,10,14H,5-7,9H2. The Morgan fingerprint density at radius 3 is 3.18 bits per heavy atom. The van der Waals surface area contributed by atoms with E-state index in [1.807, 2.05) is 30.5 Å². The zero-order valence-electron chi connectivity index (χ0n) is 9.60. The first-order valence-corrected chi connectivity index (χ1v) is 5.97. The summed E-state index contributed by atoms with van der Waals surface area (Å²) in [7, 11) is 0. The van der Waals surface area contributed by atoms with Crippen LogP contribution in [0.25, 0.3) is 10.9 Å². The second-order valence-corrected chi connectivity index (χ2v) is 4.38. The zero-order chi connectivity index (χ0) is 11.5. The van der Waals surface area contributed by atoms with Crippen LogP contribution in [0.15, 0.2) is 30.5 Å². The number of aromatic nitrogens is 2. The molecular weight excluding hydrogens is 214 g/mol. The van der Waals surface area contributed by atoms with Crippen LogP contribution in [0.2, 0.25) is 0 Å². The maximum Gasteiger partial charge on any atom is 0.316 e. The van der Waals surface area contributed by atoms with Crippen LogP contribution in [0.1, 0.15) is 6.42 Å². The number of para-hydroxylation sites is 1. The lowest BCUT2D eigenvalue weighted by Crippen LogP contribution is -2.16. The molecule has 17 heavy (non-hydrogen) atoms. The quantitative estimate of drug-likeness (QED) is 0.868. The average Bonchev–Trinajstić information content (AvgIpc) is 2.89. The summed E-state index contributed by atoms with van der Waals surface area (Å²) < 4.78 is 5.64. The molecule has 0 saturated carbocycles. The van der Waals surface area contributed by atoms with Gasteiger partial charge in [0.1, 0.15) is 0 Å². The minimum atomic E-state index is 0.482. The predicted octanol–water partition coefficient (Wildman–Crippen LogP) is 1.62. The highest BCUT2D eigenvalue weighted by Gasteiger charge is 2.15. The van der Waals surface area contributed by atoms with Crippen molar-refractivity contribution in [2.45, 2.75) is 6.42 Å². The molecule has 3 rings (SSSR count). The fourth-order valence-electron chi connectivity index (χ4n) is 2.07. The van der Waals surface area contributed by atoms with Crippen LogP contribution in [-0.2, 0) is 0 Å². The van der Waals surface area contributed by atoms with Gasteiger partial charge in [0.05, 0.1) is 12.1 Å². The van der Waals surface area contributed by atoms with E-state index in [9.17, 15) is 0 Å². The normalized spacial score (nSPS) is 19.6. The van der Waals surface area contributed by atoms with Crippen molar-refractivity contribution in [1.29, 1.82) is 0 Å². The van der Waals surface area contributed by atoms with E-state index in [1.165, 1.54) is 6.42 Å². The summed E-state index contributed by atoms with van der Waals surface area (Å²) in [6, 6.07) is 8.41. The summed E-state index contributed by atoms with van der Waals surface area (Å²) in [4.78, 5) is 8.60. The first-order valence-electron chi connectivity index (χ1n) is 5.97. The van der Waals surface area contributed by atoms with E-state index in [0.29, 0.717) is 18.5 Å². The second-order valence-electron chi connectivity index (χ2n) is 4.38. The molecule has 88 valence electrons. The molecule has 1 aliphatic heterocycles. The van der Waals surface area contributed by atoms with E-state index in [2.05, 4.69) is 15.3 Å². The van der Waals surface area contributed by atoms with E-state index in [4.69, 9.17) is 4.74 Å². The van der Waals surface area contributed by atoms with Crippen LogP contribution in [0.4, 0.5) is 0 Å². The van der Waals surface area contributed by atoms with E-state index >= 15 is 0 Å². The molecule has 1 aromatic carbocycles. The molecule has 0 bridgehead atoms. The van der Waals surface area contributed by atoms with Crippen LogP contribution in [0.3, 0.4) is 0 Å². The van der Waals surface area contributed by atoms with Gasteiger partial charge in [-0.15, -0.1) is 0 Å². The Bertz CT molecular complexity index is 509. The van der Waals surface area contributed by atoms with Gasteiger partial charge in [-0.05, 0) is 19.0 Å². The molecule has 0 aliphatic carbocycles. The molecule has 1 aromatic heterocycles. The Kier molecular flexibility index (Phi) is 2.88. The van der Waals surface area contributed by atoms with Crippen LogP contribution >= 0.6 is 0 Å². The summed E-state index contributed by atoms with van der Waals surface area (Å²) in [5.41, 5.74) is 0.932. The number of benzene rings is 1. The van der Waals surface area contributed by atoms with Crippen LogP contribution in [-0.4, -0.2) is 29.7 Å². The third kappa shape index (κ3) is 2.36. The number of rotatable bonds is 3. The van der Waals surface area contributed by atoms with Crippen molar-refractivity contribution < 1.29 is 4.74 Å². The van der Waals surface area contributed by atoms with Gasteiger partial charge in [-0.2, -0.15) is 4.98 Å². The van der Waals surface area contributed by atoms with E-state index in [-0.39, 0.29) is 0 Å². The molecule has 2 heterocycles. The largest absolute Gasteiger partial charge is 0.463 e. The molecule has 4 nitrogen and oxygen atoms in total. The number of hydrogen-bond acceptors (Lipinski definition) is 4. The van der Waals surface area contributed by atoms with Gasteiger partial charge < -0.3 is 10.1 Å². The number of fused-ring (bicyclic) bond motifs is 1. The van der Waals surface area contributed by atoms with Crippen LogP contribution in [0.5, 0.6) is 6.01 Å². The topological polar surface area (TPSA) is 47.0 Å². The van der Waals surface area contributed by atoms with Gasteiger partial charge in [0, 0.05) is 24.0 Å². The summed E-state index contributed by atoms with van der Waals surface area (Å²) in [5, 5.41) is 4.36. The first-order chi connectivity index (χ1) is 8.42. The Morgan fingerprint density at radius 1 is 1.35 bits per heavy atom. The van der Waals surface area contributed by atoms with E-state index in [0.717, 1.165) is 24.0 Å². The van der Waals surface area contributed by atoms with Crippen molar-refractivity contribution in [3.63, 3.8) is 0 Å². The highest BCUT2D eigenvalue weighted by Crippen LogP contribution is 2.14. The van der Waals surface area contributed by atoms with Gasteiger partial charge in [-0.3, -0.25) is 0 Å². The number of nitrogens with one attached hydrogen (secondary N) is 1. The molecular formula is C13H15N3O. The van der Waals surface area contributed by atoms with Crippen molar-refractivity contribution in [3.05, 3.63) is 30.5 Å². The lowest BCUT2D eigenvalue weighted by atomic mass is 10.1. The third-order valence-corrected chi connectivity index (χ3v) is 3.08. The molecule has 0 amide bonds. The Labute approximate surface area is 100 Å². The maximum absolute atomic E-state index is 5.64. The molecule has 0 radical (unpaired) electrons. The molecule has 1 atom stereocenters. The predicted molar refractivity (Wildman–Crippen MR) is 66.0 cm³/mol. The summed E-state index contributed by atoms with van der Waals surface area (Å²) in [6.45, 7) is 2.82. The monoisotopic (exact) mass is 229 g/mol. The van der Waals surface area contributed by atoms with Gasteiger partial charge in [-0.1, -0.05) is 18.2 Å². The summed E-state index contributed by atoms with van der Waals surface area (Å²) >= 11 is 0.